The van der Waals surface area contributed by atoms with Crippen LogP contribution in [0, 0.1) is 17.4 Å². The Kier molecular flexibility index (Phi) is 4.89. The van der Waals surface area contributed by atoms with E-state index in [2.05, 4.69) is 65.0 Å². The van der Waals surface area contributed by atoms with Gasteiger partial charge in [0.25, 0.3) is 0 Å². The summed E-state index contributed by atoms with van der Waals surface area (Å²) in [6, 6.07) is -0.106. The lowest BCUT2D eigenvalue weighted by Crippen LogP contribution is -2.74. The summed E-state index contributed by atoms with van der Waals surface area (Å²) in [6.07, 6.45) is -0.626. The minimum atomic E-state index is -1.95. The molecule has 1 aliphatic rings. The van der Waals surface area contributed by atoms with E-state index < -0.39 is 22.4 Å². The molecule has 0 saturated carbocycles. The van der Waals surface area contributed by atoms with Gasteiger partial charge in [0, 0.05) is 0 Å². The van der Waals surface area contributed by atoms with Crippen LogP contribution in [0.25, 0.3) is 0 Å². The van der Waals surface area contributed by atoms with Crippen molar-refractivity contribution in [2.75, 3.05) is 0 Å². The quantitative estimate of drug-likeness (QED) is 0.481. The van der Waals surface area contributed by atoms with Crippen LogP contribution >= 0.6 is 0 Å². The molecule has 1 rings (SSSR count). The lowest BCUT2D eigenvalue weighted by atomic mass is 9.86. The van der Waals surface area contributed by atoms with Gasteiger partial charge in [0.2, 0.25) is 5.91 Å². The standard InChI is InChI=1S/C16H31NO2Si2/c1-12(18)14-13(10-11-20(5,6)7)17(15(14)19)21(8,9)16(2,3)4/h12-14,18H,1-9H3. The molecule has 3 unspecified atom stereocenters. The molecule has 21 heavy (non-hydrogen) atoms. The zero-order valence-electron chi connectivity index (χ0n) is 15.0. The van der Waals surface area contributed by atoms with E-state index in [0.717, 1.165) is 0 Å². The highest BCUT2D eigenvalue weighted by atomic mass is 28.3. The van der Waals surface area contributed by atoms with Crippen LogP contribution in [0.5, 0.6) is 0 Å². The van der Waals surface area contributed by atoms with Crippen LogP contribution < -0.4 is 0 Å². The number of aliphatic hydroxyl groups is 1. The predicted octanol–water partition coefficient (Wildman–Crippen LogP) is 3.08. The lowest BCUT2D eigenvalue weighted by molar-refractivity contribution is -0.151. The minimum Gasteiger partial charge on any atom is -0.392 e. The van der Waals surface area contributed by atoms with Gasteiger partial charge in [-0.05, 0) is 12.0 Å². The first-order valence-electron chi connectivity index (χ1n) is 7.74. The highest BCUT2D eigenvalue weighted by Gasteiger charge is 2.58. The second-order valence-corrected chi connectivity index (χ2v) is 18.6. The molecule has 0 bridgehead atoms. The Labute approximate surface area is 132 Å². The molecule has 1 fully saturated rings. The molecule has 1 saturated heterocycles. The molecule has 0 aliphatic carbocycles. The molecule has 5 heteroatoms. The van der Waals surface area contributed by atoms with E-state index in [-0.39, 0.29) is 22.9 Å². The van der Waals surface area contributed by atoms with E-state index >= 15 is 0 Å². The summed E-state index contributed by atoms with van der Waals surface area (Å²) < 4.78 is 2.03. The molecule has 1 N–H and O–H groups in total. The topological polar surface area (TPSA) is 40.5 Å². The Morgan fingerprint density at radius 3 is 2.00 bits per heavy atom. The van der Waals surface area contributed by atoms with Crippen LogP contribution in [0.4, 0.5) is 0 Å². The minimum absolute atomic E-state index is 0.0887. The summed E-state index contributed by atoms with van der Waals surface area (Å²) in [5, 5.41) is 10.0. The van der Waals surface area contributed by atoms with Crippen molar-refractivity contribution in [1.29, 1.82) is 0 Å². The highest BCUT2D eigenvalue weighted by molar-refractivity contribution is 6.84. The van der Waals surface area contributed by atoms with Crippen molar-refractivity contribution in [2.24, 2.45) is 5.92 Å². The maximum Gasteiger partial charge on any atom is 0.224 e. The van der Waals surface area contributed by atoms with E-state index in [1.54, 1.807) is 6.92 Å². The highest BCUT2D eigenvalue weighted by Crippen LogP contribution is 2.45. The summed E-state index contributed by atoms with van der Waals surface area (Å²) in [4.78, 5) is 12.6. The van der Waals surface area contributed by atoms with Gasteiger partial charge < -0.3 is 9.67 Å². The van der Waals surface area contributed by atoms with Gasteiger partial charge in [-0.15, -0.1) is 5.54 Å². The van der Waals surface area contributed by atoms with Crippen LogP contribution in [0.3, 0.4) is 0 Å². The van der Waals surface area contributed by atoms with Gasteiger partial charge in [0.1, 0.15) is 8.07 Å². The van der Waals surface area contributed by atoms with Gasteiger partial charge in [-0.3, -0.25) is 4.79 Å². The second kappa shape index (κ2) is 5.56. The van der Waals surface area contributed by atoms with Crippen molar-refractivity contribution in [1.82, 2.24) is 4.57 Å². The number of carbonyl (C=O) groups excluding carboxylic acids is 1. The van der Waals surface area contributed by atoms with Crippen molar-refractivity contribution >= 4 is 22.2 Å². The van der Waals surface area contributed by atoms with Crippen molar-refractivity contribution in [3.05, 3.63) is 0 Å². The summed E-state index contributed by atoms with van der Waals surface area (Å²) in [6.45, 7) is 19.4. The van der Waals surface area contributed by atoms with Crippen LogP contribution in [0.15, 0.2) is 0 Å². The molecule has 0 aromatic carbocycles. The Morgan fingerprint density at radius 1 is 1.19 bits per heavy atom. The van der Waals surface area contributed by atoms with Crippen LogP contribution in [0.2, 0.25) is 37.8 Å². The Bertz CT molecular complexity index is 475. The van der Waals surface area contributed by atoms with Gasteiger partial charge in [-0.2, -0.15) is 0 Å². The molecule has 120 valence electrons. The van der Waals surface area contributed by atoms with Crippen LogP contribution in [-0.4, -0.2) is 44.0 Å². The molecular formula is C16H31NO2Si2. The van der Waals surface area contributed by atoms with Crippen molar-refractivity contribution < 1.29 is 9.90 Å². The molecule has 3 atom stereocenters. The fraction of sp³-hybridized carbons (Fsp3) is 0.812. The predicted molar refractivity (Wildman–Crippen MR) is 94.1 cm³/mol. The largest absolute Gasteiger partial charge is 0.392 e. The first-order valence-corrected chi connectivity index (χ1v) is 14.2. The molecular weight excluding hydrogens is 294 g/mol. The molecule has 3 nitrogen and oxygen atoms in total. The van der Waals surface area contributed by atoms with E-state index in [1.165, 1.54) is 0 Å². The number of hydrogen-bond donors (Lipinski definition) is 1. The normalized spacial score (nSPS) is 25.0. The Morgan fingerprint density at radius 2 is 1.67 bits per heavy atom. The monoisotopic (exact) mass is 325 g/mol. The summed E-state index contributed by atoms with van der Waals surface area (Å²) in [5.74, 6) is 3.09. The first-order chi connectivity index (χ1) is 9.20. The van der Waals surface area contributed by atoms with Gasteiger partial charge in [0.05, 0.1) is 18.1 Å². The van der Waals surface area contributed by atoms with Gasteiger partial charge in [-0.1, -0.05) is 59.4 Å². The van der Waals surface area contributed by atoms with Crippen molar-refractivity contribution in [3.8, 4) is 11.5 Å². The van der Waals surface area contributed by atoms with Gasteiger partial charge in [-0.25, -0.2) is 0 Å². The molecule has 1 aliphatic heterocycles. The zero-order chi connectivity index (χ0) is 16.8. The maximum absolute atomic E-state index is 12.6. The smallest absolute Gasteiger partial charge is 0.224 e. The van der Waals surface area contributed by atoms with Crippen molar-refractivity contribution in [2.45, 2.75) is 77.6 Å². The number of amides is 1. The number of nitrogens with zero attached hydrogens (tertiary/aromatic N) is 1. The number of rotatable bonds is 2. The molecule has 1 amide bonds. The summed E-state index contributed by atoms with van der Waals surface area (Å²) in [5.41, 5.74) is 3.39. The second-order valence-electron chi connectivity index (χ2n) is 8.75. The Balaban J connectivity index is 3.19. The SMILES string of the molecule is CC(O)C1C(=O)N([Si](C)(C)C(C)(C)C)C1C#C[Si](C)(C)C. The third-order valence-electron chi connectivity index (χ3n) is 4.69. The number of β-lactam (4-membered cyclic amide) rings is 1. The van der Waals surface area contributed by atoms with Crippen LogP contribution in [0.1, 0.15) is 27.7 Å². The zero-order valence-corrected chi connectivity index (χ0v) is 17.0. The van der Waals surface area contributed by atoms with Gasteiger partial charge in [0.15, 0.2) is 8.24 Å². The average molecular weight is 326 g/mol. The molecule has 1 heterocycles. The molecule has 0 aromatic heterocycles. The van der Waals surface area contributed by atoms with Gasteiger partial charge >= 0.3 is 0 Å². The molecule has 0 aromatic rings. The van der Waals surface area contributed by atoms with E-state index in [1.807, 2.05) is 4.57 Å². The fourth-order valence-electron chi connectivity index (χ4n) is 2.41. The van der Waals surface area contributed by atoms with E-state index in [0.29, 0.717) is 0 Å². The first kappa shape index (κ1) is 18.5. The average Bonchev–Trinajstić information content (AvgIpc) is 2.19. The fourth-order valence-corrected chi connectivity index (χ4v) is 5.33. The third kappa shape index (κ3) is 3.61. The maximum atomic E-state index is 12.6. The van der Waals surface area contributed by atoms with Crippen molar-refractivity contribution in [3.63, 3.8) is 0 Å². The van der Waals surface area contributed by atoms with E-state index in [4.69, 9.17) is 0 Å². The molecule has 0 spiro atoms. The lowest BCUT2D eigenvalue weighted by Gasteiger charge is -2.57. The number of hydrogen-bond acceptors (Lipinski definition) is 2. The van der Waals surface area contributed by atoms with E-state index in [9.17, 15) is 9.90 Å². The Hall–Kier alpha value is -0.576. The molecule has 0 radical (unpaired) electrons. The number of carbonyl (C=O) groups is 1. The summed E-state index contributed by atoms with van der Waals surface area (Å²) in [7, 11) is -3.43. The van der Waals surface area contributed by atoms with Crippen LogP contribution in [-0.2, 0) is 4.79 Å². The summed E-state index contributed by atoms with van der Waals surface area (Å²) >= 11 is 0. The third-order valence-corrected chi connectivity index (χ3v) is 11.0. The number of aliphatic hydroxyl groups excluding tert-OH is 1.